The second kappa shape index (κ2) is 5.05. The minimum absolute atomic E-state index is 0.261. The van der Waals surface area contributed by atoms with Crippen molar-refractivity contribution in [1.29, 1.82) is 0 Å². The molecule has 18 heavy (non-hydrogen) atoms. The van der Waals surface area contributed by atoms with E-state index < -0.39 is 17.1 Å². The van der Waals surface area contributed by atoms with Crippen LogP contribution >= 0.6 is 11.8 Å². The first-order chi connectivity index (χ1) is 8.61. The van der Waals surface area contributed by atoms with Gasteiger partial charge in [0.1, 0.15) is 0 Å². The van der Waals surface area contributed by atoms with Crippen LogP contribution in [0, 0.1) is 0 Å². The van der Waals surface area contributed by atoms with Crippen molar-refractivity contribution < 1.29 is 19.1 Å². The summed E-state index contributed by atoms with van der Waals surface area (Å²) in [6.07, 6.45) is 1.50. The van der Waals surface area contributed by atoms with Crippen LogP contribution in [0.3, 0.4) is 0 Å². The van der Waals surface area contributed by atoms with Gasteiger partial charge in [-0.1, -0.05) is 18.2 Å². The lowest BCUT2D eigenvalue weighted by molar-refractivity contribution is -0.115. The van der Waals surface area contributed by atoms with E-state index in [9.17, 15) is 14.4 Å². The van der Waals surface area contributed by atoms with E-state index in [1.54, 1.807) is 24.3 Å². The Labute approximate surface area is 107 Å². The highest BCUT2D eigenvalue weighted by atomic mass is 32.2. The van der Waals surface area contributed by atoms with Gasteiger partial charge in [-0.25, -0.2) is 4.79 Å². The number of methoxy groups -OCH3 is 1. The molecule has 5 nitrogen and oxygen atoms in total. The molecule has 0 radical (unpaired) electrons. The quantitative estimate of drug-likeness (QED) is 0.650. The van der Waals surface area contributed by atoms with E-state index in [1.807, 2.05) is 0 Å². The van der Waals surface area contributed by atoms with Crippen LogP contribution in [-0.2, 0) is 9.53 Å². The number of imide groups is 1. The fraction of sp³-hybridized carbons (Fsp3) is 0.0833. The van der Waals surface area contributed by atoms with Gasteiger partial charge < -0.3 is 4.74 Å². The van der Waals surface area contributed by atoms with Gasteiger partial charge in [0, 0.05) is 0 Å². The largest absolute Gasteiger partial charge is 0.465 e. The van der Waals surface area contributed by atoms with Gasteiger partial charge in [-0.15, -0.1) is 0 Å². The summed E-state index contributed by atoms with van der Waals surface area (Å²) in [7, 11) is 1.28. The molecular formula is C12H9NO4S. The third kappa shape index (κ3) is 2.43. The second-order valence-electron chi connectivity index (χ2n) is 3.43. The van der Waals surface area contributed by atoms with Gasteiger partial charge in [-0.05, 0) is 29.5 Å². The fourth-order valence-electron chi connectivity index (χ4n) is 1.48. The molecule has 1 heterocycles. The molecule has 1 aliphatic rings. The van der Waals surface area contributed by atoms with Crippen LogP contribution in [0.4, 0.5) is 4.79 Å². The molecule has 0 aliphatic carbocycles. The number of amides is 2. The number of esters is 1. The topological polar surface area (TPSA) is 72.5 Å². The molecule has 1 aromatic rings. The summed E-state index contributed by atoms with van der Waals surface area (Å²) in [6, 6.07) is 6.70. The van der Waals surface area contributed by atoms with E-state index >= 15 is 0 Å². The Morgan fingerprint density at radius 2 is 2.06 bits per heavy atom. The summed E-state index contributed by atoms with van der Waals surface area (Å²) >= 11 is 0.806. The van der Waals surface area contributed by atoms with Crippen LogP contribution in [0.25, 0.3) is 6.08 Å². The van der Waals surface area contributed by atoms with Crippen molar-refractivity contribution in [3.8, 4) is 0 Å². The Hall–Kier alpha value is -2.08. The molecular weight excluding hydrogens is 254 g/mol. The van der Waals surface area contributed by atoms with Crippen molar-refractivity contribution in [3.05, 3.63) is 40.3 Å². The average Bonchev–Trinajstić information content (AvgIpc) is 2.67. The molecule has 0 spiro atoms. The number of hydrogen-bond acceptors (Lipinski definition) is 5. The molecule has 0 bridgehead atoms. The average molecular weight is 263 g/mol. The minimum atomic E-state index is -0.489. The molecule has 0 aromatic heterocycles. The smallest absolute Gasteiger partial charge is 0.338 e. The van der Waals surface area contributed by atoms with Crippen LogP contribution < -0.4 is 5.32 Å². The number of carbonyl (C=O) groups is 3. The third-order valence-electron chi connectivity index (χ3n) is 2.29. The maximum absolute atomic E-state index is 11.5. The normalized spacial score (nSPS) is 16.8. The van der Waals surface area contributed by atoms with Crippen LogP contribution in [0.1, 0.15) is 15.9 Å². The second-order valence-corrected chi connectivity index (χ2v) is 4.45. The van der Waals surface area contributed by atoms with Gasteiger partial charge in [-0.3, -0.25) is 14.9 Å². The van der Waals surface area contributed by atoms with E-state index in [4.69, 9.17) is 0 Å². The monoisotopic (exact) mass is 263 g/mol. The maximum Gasteiger partial charge on any atom is 0.338 e. The Morgan fingerprint density at radius 3 is 2.67 bits per heavy atom. The molecule has 1 aromatic carbocycles. The van der Waals surface area contributed by atoms with Crippen molar-refractivity contribution in [3.63, 3.8) is 0 Å². The molecule has 0 unspecified atom stereocenters. The Morgan fingerprint density at radius 1 is 1.33 bits per heavy atom. The fourth-order valence-corrected chi connectivity index (χ4v) is 2.15. The molecule has 0 saturated carbocycles. The zero-order chi connectivity index (χ0) is 13.1. The predicted octanol–water partition coefficient (Wildman–Crippen LogP) is 1.80. The summed E-state index contributed by atoms with van der Waals surface area (Å²) < 4.78 is 4.65. The van der Waals surface area contributed by atoms with Crippen LogP contribution in [0.15, 0.2) is 29.2 Å². The summed E-state index contributed by atoms with van der Waals surface area (Å²) in [5.74, 6) is -0.943. The van der Waals surface area contributed by atoms with E-state index in [0.717, 1.165) is 11.8 Å². The zero-order valence-electron chi connectivity index (χ0n) is 9.43. The standard InChI is InChI=1S/C12H9NO4S/c1-17-11(15)8-5-3-2-4-7(8)6-9-10(14)13-12(16)18-9/h2-6H,1H3,(H,13,14,16)/b9-6-. The number of hydrogen-bond donors (Lipinski definition) is 1. The van der Waals surface area contributed by atoms with Crippen molar-refractivity contribution in [2.45, 2.75) is 0 Å². The molecule has 1 aliphatic heterocycles. The zero-order valence-corrected chi connectivity index (χ0v) is 10.2. The molecule has 1 fully saturated rings. The number of carbonyl (C=O) groups excluding carboxylic acids is 3. The number of thioether (sulfide) groups is 1. The molecule has 6 heteroatoms. The van der Waals surface area contributed by atoms with Crippen LogP contribution in [0.5, 0.6) is 0 Å². The van der Waals surface area contributed by atoms with Gasteiger partial charge in [0.15, 0.2) is 0 Å². The van der Waals surface area contributed by atoms with E-state index in [0.29, 0.717) is 11.1 Å². The van der Waals surface area contributed by atoms with E-state index in [-0.39, 0.29) is 4.91 Å². The van der Waals surface area contributed by atoms with Crippen LogP contribution in [0.2, 0.25) is 0 Å². The lowest BCUT2D eigenvalue weighted by atomic mass is 10.1. The summed E-state index contributed by atoms with van der Waals surface area (Å²) in [5, 5.41) is 1.74. The van der Waals surface area contributed by atoms with E-state index in [2.05, 4.69) is 10.1 Å². The van der Waals surface area contributed by atoms with E-state index in [1.165, 1.54) is 13.2 Å². The third-order valence-corrected chi connectivity index (χ3v) is 3.11. The van der Waals surface area contributed by atoms with Gasteiger partial charge in [0.2, 0.25) is 0 Å². The molecule has 1 saturated heterocycles. The van der Waals surface area contributed by atoms with Gasteiger partial charge in [-0.2, -0.15) is 0 Å². The first-order valence-corrected chi connectivity index (χ1v) is 5.85. The number of benzene rings is 1. The first kappa shape index (κ1) is 12.4. The molecule has 92 valence electrons. The van der Waals surface area contributed by atoms with Crippen molar-refractivity contribution in [1.82, 2.24) is 5.32 Å². The highest BCUT2D eigenvalue weighted by molar-refractivity contribution is 8.18. The highest BCUT2D eigenvalue weighted by Crippen LogP contribution is 2.26. The molecule has 0 atom stereocenters. The number of ether oxygens (including phenoxy) is 1. The lowest BCUT2D eigenvalue weighted by Gasteiger charge is -2.03. The Bertz CT molecular complexity index is 565. The van der Waals surface area contributed by atoms with Gasteiger partial charge in [0.05, 0.1) is 17.6 Å². The SMILES string of the molecule is COC(=O)c1ccccc1/C=C1\SC(=O)NC1=O. The minimum Gasteiger partial charge on any atom is -0.465 e. The van der Waals surface area contributed by atoms with Gasteiger partial charge >= 0.3 is 5.97 Å². The van der Waals surface area contributed by atoms with Crippen molar-refractivity contribution >= 4 is 35.0 Å². The van der Waals surface area contributed by atoms with Crippen molar-refractivity contribution in [2.24, 2.45) is 0 Å². The summed E-state index contributed by atoms with van der Waals surface area (Å²) in [5.41, 5.74) is 0.886. The first-order valence-electron chi connectivity index (χ1n) is 5.04. The lowest BCUT2D eigenvalue weighted by Crippen LogP contribution is -2.17. The molecule has 2 rings (SSSR count). The molecule has 1 N–H and O–H groups in total. The predicted molar refractivity (Wildman–Crippen MR) is 66.9 cm³/mol. The Kier molecular flexibility index (Phi) is 3.47. The maximum atomic E-state index is 11.5. The number of rotatable bonds is 2. The van der Waals surface area contributed by atoms with Crippen LogP contribution in [-0.4, -0.2) is 24.2 Å². The summed E-state index contributed by atoms with van der Waals surface area (Å²) in [6.45, 7) is 0. The summed E-state index contributed by atoms with van der Waals surface area (Å²) in [4.78, 5) is 34.2. The molecule has 2 amide bonds. The highest BCUT2D eigenvalue weighted by Gasteiger charge is 2.25. The van der Waals surface area contributed by atoms with Crippen molar-refractivity contribution in [2.75, 3.05) is 7.11 Å². The number of nitrogens with one attached hydrogen (secondary N) is 1. The van der Waals surface area contributed by atoms with Gasteiger partial charge in [0.25, 0.3) is 11.1 Å². The Balaban J connectivity index is 2.40.